The molecule has 1 unspecified atom stereocenters. The average Bonchev–Trinajstić information content (AvgIpc) is 3.58. The number of likely N-dealkylation sites (tertiary alicyclic amines) is 1. The van der Waals surface area contributed by atoms with E-state index in [0.717, 1.165) is 67.8 Å². The molecule has 10 nitrogen and oxygen atoms in total. The molecule has 0 amide bonds. The van der Waals surface area contributed by atoms with Gasteiger partial charge in [-0.1, -0.05) is 13.0 Å². The number of nitriles is 1. The smallest absolute Gasteiger partial charge is 0.337 e. The van der Waals surface area contributed by atoms with E-state index in [0.29, 0.717) is 30.1 Å². The number of hydrogen-bond donors (Lipinski definition) is 0. The Bertz CT molecular complexity index is 1660. The zero-order valence-electron chi connectivity index (χ0n) is 24.5. The van der Waals surface area contributed by atoms with Gasteiger partial charge < -0.3 is 18.8 Å². The van der Waals surface area contributed by atoms with Crippen molar-refractivity contribution in [3.05, 3.63) is 76.5 Å². The molecule has 224 valence electrons. The molecule has 6 rings (SSSR count). The minimum absolute atomic E-state index is 0.0496. The summed E-state index contributed by atoms with van der Waals surface area (Å²) in [5.74, 6) is 0.663. The van der Waals surface area contributed by atoms with Gasteiger partial charge in [-0.05, 0) is 56.0 Å². The maximum absolute atomic E-state index is 14.4. The number of benzene rings is 2. The number of nitrogens with zero attached hydrogens (tertiary/aromatic N) is 6. The monoisotopic (exact) mass is 586 g/mol. The molecule has 2 aromatic heterocycles. The van der Waals surface area contributed by atoms with E-state index in [2.05, 4.69) is 9.47 Å². The van der Waals surface area contributed by atoms with Crippen LogP contribution in [0.25, 0.3) is 11.0 Å². The molecule has 43 heavy (non-hydrogen) atoms. The lowest BCUT2D eigenvalue weighted by molar-refractivity contribution is -0.0592. The highest BCUT2D eigenvalue weighted by atomic mass is 19.1. The summed E-state index contributed by atoms with van der Waals surface area (Å²) in [6, 6.07) is 12.1. The average molecular weight is 587 g/mol. The van der Waals surface area contributed by atoms with E-state index in [1.165, 1.54) is 13.2 Å². The number of methoxy groups -OCH3 is 1. The Morgan fingerprint density at radius 1 is 1.16 bits per heavy atom. The van der Waals surface area contributed by atoms with E-state index in [1.807, 2.05) is 36.0 Å². The molecule has 4 aromatic rings. The second kappa shape index (κ2) is 12.5. The number of imidazole rings is 1. The zero-order chi connectivity index (χ0) is 29.9. The Kier molecular flexibility index (Phi) is 8.40. The maximum atomic E-state index is 14.4. The van der Waals surface area contributed by atoms with E-state index in [4.69, 9.17) is 29.6 Å². The lowest BCUT2D eigenvalue weighted by Crippen LogP contribution is -2.36. The van der Waals surface area contributed by atoms with Gasteiger partial charge in [0.15, 0.2) is 0 Å². The van der Waals surface area contributed by atoms with Gasteiger partial charge in [-0.3, -0.25) is 9.58 Å². The number of esters is 1. The summed E-state index contributed by atoms with van der Waals surface area (Å²) in [5.41, 5.74) is 3.93. The summed E-state index contributed by atoms with van der Waals surface area (Å²) in [6.07, 6.45) is 5.81. The fourth-order valence-corrected chi connectivity index (χ4v) is 5.76. The molecule has 2 aliphatic rings. The molecule has 0 aliphatic carbocycles. The summed E-state index contributed by atoms with van der Waals surface area (Å²) in [7, 11) is 1.39. The Balaban J connectivity index is 1.12. The van der Waals surface area contributed by atoms with Gasteiger partial charge in [-0.2, -0.15) is 5.26 Å². The molecule has 2 aromatic carbocycles. The normalized spacial score (nSPS) is 17.5. The van der Waals surface area contributed by atoms with Gasteiger partial charge in [0, 0.05) is 37.0 Å². The molecule has 4 heterocycles. The quantitative estimate of drug-likeness (QED) is 0.244. The van der Waals surface area contributed by atoms with Crippen molar-refractivity contribution < 1.29 is 23.4 Å². The number of fused-ring (bicyclic) bond motifs is 1. The minimum Gasteiger partial charge on any atom is -0.471 e. The van der Waals surface area contributed by atoms with Gasteiger partial charge in [0.25, 0.3) is 0 Å². The SMILES string of the molecule is CCc1cn(C2CCN(Cc3nc4ccc(C(=O)OC)cc4n3CC3CCO3)CC2)nc1OCc1ccc(C#N)cc1F. The summed E-state index contributed by atoms with van der Waals surface area (Å²) < 4.78 is 35.2. The van der Waals surface area contributed by atoms with E-state index >= 15 is 0 Å². The molecule has 0 saturated carbocycles. The van der Waals surface area contributed by atoms with Gasteiger partial charge in [0.1, 0.15) is 18.2 Å². The van der Waals surface area contributed by atoms with Crippen molar-refractivity contribution in [2.45, 2.75) is 64.4 Å². The van der Waals surface area contributed by atoms with Crippen molar-refractivity contribution in [3.8, 4) is 11.9 Å². The number of hydrogen-bond acceptors (Lipinski definition) is 8. The number of carbonyl (C=O) groups excluding carboxylic acids is 1. The Morgan fingerprint density at radius 3 is 2.65 bits per heavy atom. The van der Waals surface area contributed by atoms with Gasteiger partial charge >= 0.3 is 5.97 Å². The third-order valence-corrected chi connectivity index (χ3v) is 8.42. The van der Waals surface area contributed by atoms with Crippen LogP contribution in [0.1, 0.15) is 65.1 Å². The zero-order valence-corrected chi connectivity index (χ0v) is 24.5. The van der Waals surface area contributed by atoms with Gasteiger partial charge in [0.05, 0.1) is 60.6 Å². The molecule has 0 spiro atoms. The van der Waals surface area contributed by atoms with E-state index in [9.17, 15) is 9.18 Å². The first-order valence-electron chi connectivity index (χ1n) is 14.8. The van der Waals surface area contributed by atoms with E-state index in [1.54, 1.807) is 18.2 Å². The van der Waals surface area contributed by atoms with Gasteiger partial charge in [-0.15, -0.1) is 5.10 Å². The second-order valence-corrected chi connectivity index (χ2v) is 11.1. The van der Waals surface area contributed by atoms with Crippen molar-refractivity contribution in [2.75, 3.05) is 26.8 Å². The Labute approximate surface area is 249 Å². The standard InChI is InChI=1S/C32H35FN6O4/c1-3-22-17-39(36-31(22)43-20-24-5-4-21(16-34)14-27(24)33)25-8-11-37(12-9-25)19-30-35-28-7-6-23(32(40)41-2)15-29(28)38(30)18-26-10-13-42-26/h4-7,14-15,17,25-26H,3,8-13,18-20H2,1-2H3. The highest BCUT2D eigenvalue weighted by Crippen LogP contribution is 2.29. The van der Waals surface area contributed by atoms with Crippen molar-refractivity contribution >= 4 is 17.0 Å². The maximum Gasteiger partial charge on any atom is 0.337 e. The molecule has 11 heteroatoms. The lowest BCUT2D eigenvalue weighted by atomic mass is 10.1. The van der Waals surface area contributed by atoms with Crippen LogP contribution in [0.15, 0.2) is 42.6 Å². The van der Waals surface area contributed by atoms with Crippen LogP contribution >= 0.6 is 0 Å². The van der Waals surface area contributed by atoms with E-state index < -0.39 is 5.82 Å². The fraction of sp³-hybridized carbons (Fsp3) is 0.438. The van der Waals surface area contributed by atoms with Crippen LogP contribution in [-0.2, 0) is 35.6 Å². The van der Waals surface area contributed by atoms with Crippen molar-refractivity contribution in [1.82, 2.24) is 24.2 Å². The summed E-state index contributed by atoms with van der Waals surface area (Å²) in [5, 5.41) is 13.7. The first-order chi connectivity index (χ1) is 20.9. The lowest BCUT2D eigenvalue weighted by Gasteiger charge is -2.32. The van der Waals surface area contributed by atoms with Crippen molar-refractivity contribution in [3.63, 3.8) is 0 Å². The largest absolute Gasteiger partial charge is 0.471 e. The van der Waals surface area contributed by atoms with Crippen LogP contribution in [0, 0.1) is 17.1 Å². The molecule has 2 saturated heterocycles. The first kappa shape index (κ1) is 28.8. The molecule has 0 N–H and O–H groups in total. The fourth-order valence-electron chi connectivity index (χ4n) is 5.76. The number of rotatable bonds is 10. The molecule has 2 aliphatic heterocycles. The Hall–Kier alpha value is -4.27. The van der Waals surface area contributed by atoms with Crippen LogP contribution in [0.5, 0.6) is 5.88 Å². The van der Waals surface area contributed by atoms with Crippen LogP contribution < -0.4 is 4.74 Å². The summed E-state index contributed by atoms with van der Waals surface area (Å²) in [4.78, 5) is 19.5. The topological polar surface area (TPSA) is 107 Å². The second-order valence-electron chi connectivity index (χ2n) is 11.1. The van der Waals surface area contributed by atoms with Crippen LogP contribution in [0.4, 0.5) is 4.39 Å². The molecular weight excluding hydrogens is 551 g/mol. The van der Waals surface area contributed by atoms with Crippen LogP contribution in [-0.4, -0.2) is 63.1 Å². The number of ether oxygens (including phenoxy) is 3. The molecule has 0 bridgehead atoms. The molecular formula is C32H35FN6O4. The Morgan fingerprint density at radius 2 is 1.98 bits per heavy atom. The number of carbonyl (C=O) groups is 1. The molecule has 2 fully saturated rings. The predicted molar refractivity (Wildman–Crippen MR) is 156 cm³/mol. The number of piperidine rings is 1. The number of aryl methyl sites for hydroxylation is 1. The van der Waals surface area contributed by atoms with Crippen molar-refractivity contribution in [1.29, 1.82) is 5.26 Å². The first-order valence-corrected chi connectivity index (χ1v) is 14.8. The minimum atomic E-state index is -0.457. The van der Waals surface area contributed by atoms with Crippen molar-refractivity contribution in [2.24, 2.45) is 0 Å². The highest BCUT2D eigenvalue weighted by Gasteiger charge is 2.27. The van der Waals surface area contributed by atoms with Crippen LogP contribution in [0.2, 0.25) is 0 Å². The predicted octanol–water partition coefficient (Wildman–Crippen LogP) is 4.80. The third-order valence-electron chi connectivity index (χ3n) is 8.42. The van der Waals surface area contributed by atoms with E-state index in [-0.39, 0.29) is 30.3 Å². The van der Waals surface area contributed by atoms with Crippen LogP contribution in [0.3, 0.4) is 0 Å². The summed E-state index contributed by atoms with van der Waals surface area (Å²) >= 11 is 0. The third kappa shape index (κ3) is 6.12. The molecule has 1 atom stereocenters. The van der Waals surface area contributed by atoms with Gasteiger partial charge in [-0.25, -0.2) is 14.2 Å². The van der Waals surface area contributed by atoms with Gasteiger partial charge in [0.2, 0.25) is 5.88 Å². The molecule has 0 radical (unpaired) electrons. The summed E-state index contributed by atoms with van der Waals surface area (Å²) in [6.45, 7) is 6.05. The highest BCUT2D eigenvalue weighted by molar-refractivity contribution is 5.93. The number of aromatic nitrogens is 4. The number of halogens is 1.